The van der Waals surface area contributed by atoms with E-state index >= 15 is 0 Å². The van der Waals surface area contributed by atoms with Crippen LogP contribution in [-0.2, 0) is 0 Å². The second-order valence-corrected chi connectivity index (χ2v) is 4.65. The fraction of sp³-hybridized carbons (Fsp3) is 0. The molecular formula is C16H9ClN2O. The molecule has 0 atom stereocenters. The molecule has 0 spiro atoms. The van der Waals surface area contributed by atoms with Gasteiger partial charge in [0.15, 0.2) is 0 Å². The maximum Gasteiger partial charge on any atom is 0.138 e. The van der Waals surface area contributed by atoms with Crippen LogP contribution in [0.25, 0.3) is 10.9 Å². The highest BCUT2D eigenvalue weighted by molar-refractivity contribution is 6.31. The molecule has 1 heterocycles. The minimum Gasteiger partial charge on any atom is -0.457 e. The third-order valence-electron chi connectivity index (χ3n) is 2.88. The first-order valence-electron chi connectivity index (χ1n) is 5.98. The molecule has 0 saturated carbocycles. The van der Waals surface area contributed by atoms with Crippen LogP contribution >= 0.6 is 11.6 Å². The van der Waals surface area contributed by atoms with E-state index in [1.165, 1.54) is 0 Å². The van der Waals surface area contributed by atoms with Gasteiger partial charge in [-0.2, -0.15) is 5.26 Å². The van der Waals surface area contributed by atoms with Crippen molar-refractivity contribution in [3.8, 4) is 17.6 Å². The zero-order valence-electron chi connectivity index (χ0n) is 10.4. The summed E-state index contributed by atoms with van der Waals surface area (Å²) in [6.07, 6.45) is 1.68. The summed E-state index contributed by atoms with van der Waals surface area (Å²) in [5.74, 6) is 1.38. The Bertz CT molecular complexity index is 807. The number of hydrogen-bond acceptors (Lipinski definition) is 3. The van der Waals surface area contributed by atoms with E-state index in [9.17, 15) is 0 Å². The van der Waals surface area contributed by atoms with Gasteiger partial charge in [0.25, 0.3) is 0 Å². The van der Waals surface area contributed by atoms with E-state index in [1.54, 1.807) is 48.7 Å². The first-order valence-corrected chi connectivity index (χ1v) is 6.36. The van der Waals surface area contributed by atoms with Crippen molar-refractivity contribution in [1.29, 1.82) is 5.26 Å². The van der Waals surface area contributed by atoms with Gasteiger partial charge >= 0.3 is 0 Å². The number of halogens is 1. The van der Waals surface area contributed by atoms with Crippen molar-refractivity contribution in [2.45, 2.75) is 0 Å². The van der Waals surface area contributed by atoms with Gasteiger partial charge in [-0.25, -0.2) is 0 Å². The van der Waals surface area contributed by atoms with Gasteiger partial charge < -0.3 is 4.74 Å². The van der Waals surface area contributed by atoms with Crippen molar-refractivity contribution >= 4 is 22.5 Å². The van der Waals surface area contributed by atoms with Crippen molar-refractivity contribution in [2.75, 3.05) is 0 Å². The van der Waals surface area contributed by atoms with E-state index in [0.717, 1.165) is 10.9 Å². The first kappa shape index (κ1) is 12.5. The molecule has 0 fully saturated rings. The third-order valence-corrected chi connectivity index (χ3v) is 3.11. The SMILES string of the molecule is N#Cc1ccc(Oc2ccnc3cc(Cl)ccc23)cc1. The summed E-state index contributed by atoms with van der Waals surface area (Å²) < 4.78 is 5.84. The summed E-state index contributed by atoms with van der Waals surface area (Å²) in [7, 11) is 0. The predicted molar refractivity (Wildman–Crippen MR) is 78.0 cm³/mol. The first-order chi connectivity index (χ1) is 9.76. The Kier molecular flexibility index (Phi) is 3.24. The highest BCUT2D eigenvalue weighted by Crippen LogP contribution is 2.30. The third kappa shape index (κ3) is 2.42. The van der Waals surface area contributed by atoms with Crippen LogP contribution in [0.3, 0.4) is 0 Å². The van der Waals surface area contributed by atoms with Gasteiger partial charge in [-0.15, -0.1) is 0 Å². The van der Waals surface area contributed by atoms with Crippen LogP contribution in [0.15, 0.2) is 54.7 Å². The van der Waals surface area contributed by atoms with E-state index in [2.05, 4.69) is 11.1 Å². The van der Waals surface area contributed by atoms with Gasteiger partial charge in [0.2, 0.25) is 0 Å². The smallest absolute Gasteiger partial charge is 0.138 e. The molecule has 0 radical (unpaired) electrons. The van der Waals surface area contributed by atoms with Gasteiger partial charge in [-0.3, -0.25) is 4.98 Å². The minimum absolute atomic E-state index is 0.601. The molecule has 20 heavy (non-hydrogen) atoms. The molecule has 0 aliphatic rings. The van der Waals surface area contributed by atoms with E-state index in [4.69, 9.17) is 21.6 Å². The lowest BCUT2D eigenvalue weighted by molar-refractivity contribution is 0.488. The Morgan fingerprint density at radius 1 is 1.05 bits per heavy atom. The summed E-state index contributed by atoms with van der Waals surface area (Å²) in [5.41, 5.74) is 1.38. The topological polar surface area (TPSA) is 45.9 Å². The maximum atomic E-state index is 8.77. The number of aromatic nitrogens is 1. The Morgan fingerprint density at radius 2 is 1.85 bits per heavy atom. The Morgan fingerprint density at radius 3 is 2.60 bits per heavy atom. The number of nitriles is 1. The highest BCUT2D eigenvalue weighted by Gasteiger charge is 2.05. The molecule has 0 amide bonds. The van der Waals surface area contributed by atoms with Crippen molar-refractivity contribution in [3.63, 3.8) is 0 Å². The molecule has 0 N–H and O–H groups in total. The van der Waals surface area contributed by atoms with Gasteiger partial charge in [-0.05, 0) is 48.5 Å². The van der Waals surface area contributed by atoms with Crippen LogP contribution in [-0.4, -0.2) is 4.98 Å². The quantitative estimate of drug-likeness (QED) is 0.691. The molecule has 96 valence electrons. The number of pyridine rings is 1. The van der Waals surface area contributed by atoms with Gasteiger partial charge in [-0.1, -0.05) is 11.6 Å². The lowest BCUT2D eigenvalue weighted by atomic mass is 10.2. The minimum atomic E-state index is 0.601. The predicted octanol–water partition coefficient (Wildman–Crippen LogP) is 4.55. The molecule has 0 bridgehead atoms. The van der Waals surface area contributed by atoms with Gasteiger partial charge in [0, 0.05) is 16.6 Å². The van der Waals surface area contributed by atoms with Crippen molar-refractivity contribution in [2.24, 2.45) is 0 Å². The zero-order valence-corrected chi connectivity index (χ0v) is 11.1. The summed E-state index contributed by atoms with van der Waals surface area (Å²) in [5, 5.41) is 10.3. The zero-order chi connectivity index (χ0) is 13.9. The average molecular weight is 281 g/mol. The van der Waals surface area contributed by atoms with Crippen LogP contribution in [0.1, 0.15) is 5.56 Å². The standard InChI is InChI=1S/C16H9ClN2O/c17-12-3-6-14-15(9-12)19-8-7-16(14)20-13-4-1-11(10-18)2-5-13/h1-9H. The van der Waals surface area contributed by atoms with Crippen molar-refractivity contribution in [3.05, 3.63) is 65.3 Å². The van der Waals surface area contributed by atoms with Crippen LogP contribution in [0.2, 0.25) is 5.02 Å². The summed E-state index contributed by atoms with van der Waals surface area (Å²) >= 11 is 5.95. The van der Waals surface area contributed by atoms with E-state index in [1.807, 2.05) is 6.07 Å². The number of rotatable bonds is 2. The van der Waals surface area contributed by atoms with Gasteiger partial charge in [0.05, 0.1) is 17.1 Å². The Hall–Kier alpha value is -2.57. The van der Waals surface area contributed by atoms with Crippen LogP contribution < -0.4 is 4.74 Å². The second-order valence-electron chi connectivity index (χ2n) is 4.21. The maximum absolute atomic E-state index is 8.77. The molecular weight excluding hydrogens is 272 g/mol. The lowest BCUT2D eigenvalue weighted by Gasteiger charge is -2.08. The van der Waals surface area contributed by atoms with Crippen LogP contribution in [0.4, 0.5) is 0 Å². The molecule has 3 nitrogen and oxygen atoms in total. The number of ether oxygens (including phenoxy) is 1. The Labute approximate surface area is 121 Å². The lowest BCUT2D eigenvalue weighted by Crippen LogP contribution is -1.88. The number of benzene rings is 2. The van der Waals surface area contributed by atoms with Crippen LogP contribution in [0, 0.1) is 11.3 Å². The normalized spacial score (nSPS) is 10.2. The number of nitrogens with zero attached hydrogens (tertiary/aromatic N) is 2. The van der Waals surface area contributed by atoms with E-state index in [-0.39, 0.29) is 0 Å². The average Bonchev–Trinajstić information content (AvgIpc) is 2.48. The van der Waals surface area contributed by atoms with Crippen molar-refractivity contribution < 1.29 is 4.74 Å². The molecule has 0 aliphatic carbocycles. The molecule has 2 aromatic carbocycles. The van der Waals surface area contributed by atoms with Crippen LogP contribution in [0.5, 0.6) is 11.5 Å². The molecule has 0 unspecified atom stereocenters. The van der Waals surface area contributed by atoms with E-state index < -0.39 is 0 Å². The Balaban J connectivity index is 2.00. The largest absolute Gasteiger partial charge is 0.457 e. The summed E-state index contributed by atoms with van der Waals surface area (Å²) in [4.78, 5) is 4.26. The van der Waals surface area contributed by atoms with E-state index in [0.29, 0.717) is 22.1 Å². The van der Waals surface area contributed by atoms with Gasteiger partial charge in [0.1, 0.15) is 11.5 Å². The molecule has 0 saturated heterocycles. The number of fused-ring (bicyclic) bond motifs is 1. The monoisotopic (exact) mass is 280 g/mol. The molecule has 3 aromatic rings. The fourth-order valence-electron chi connectivity index (χ4n) is 1.91. The molecule has 1 aromatic heterocycles. The second kappa shape index (κ2) is 5.20. The summed E-state index contributed by atoms with van der Waals surface area (Å²) in [6, 6.07) is 16.3. The summed E-state index contributed by atoms with van der Waals surface area (Å²) in [6.45, 7) is 0. The molecule has 4 heteroatoms. The highest BCUT2D eigenvalue weighted by atomic mass is 35.5. The van der Waals surface area contributed by atoms with Crippen molar-refractivity contribution in [1.82, 2.24) is 4.98 Å². The molecule has 0 aliphatic heterocycles. The fourth-order valence-corrected chi connectivity index (χ4v) is 2.07. The molecule has 3 rings (SSSR count). The number of hydrogen-bond donors (Lipinski definition) is 0.